The maximum absolute atomic E-state index is 12.2. The van der Waals surface area contributed by atoms with E-state index in [2.05, 4.69) is 60.9 Å². The van der Waals surface area contributed by atoms with Crippen molar-refractivity contribution in [1.29, 1.82) is 0 Å². The number of rotatable bonds is 5. The van der Waals surface area contributed by atoms with E-state index in [0.29, 0.717) is 19.4 Å². The summed E-state index contributed by atoms with van der Waals surface area (Å²) in [6, 6.07) is 18.3. The highest BCUT2D eigenvalue weighted by atomic mass is 16.2. The monoisotopic (exact) mass is 336 g/mol. The first-order valence-electron chi connectivity index (χ1n) is 8.69. The molecule has 2 N–H and O–H groups in total. The van der Waals surface area contributed by atoms with Crippen LogP contribution in [0.1, 0.15) is 32.3 Å². The molecule has 0 radical (unpaired) electrons. The van der Waals surface area contributed by atoms with Gasteiger partial charge in [-0.05, 0) is 23.1 Å². The van der Waals surface area contributed by atoms with Gasteiger partial charge in [-0.25, -0.2) is 0 Å². The summed E-state index contributed by atoms with van der Waals surface area (Å²) in [5.74, 6) is -0.143. The molecule has 0 bridgehead atoms. The van der Waals surface area contributed by atoms with Crippen LogP contribution < -0.4 is 10.6 Å². The zero-order valence-corrected chi connectivity index (χ0v) is 14.7. The number of hydrogen-bond donors (Lipinski definition) is 2. The second kappa shape index (κ2) is 7.09. The summed E-state index contributed by atoms with van der Waals surface area (Å²) in [7, 11) is 0. The Bertz CT molecular complexity index is 751. The lowest BCUT2D eigenvalue weighted by Crippen LogP contribution is -2.45. The van der Waals surface area contributed by atoms with Crippen molar-refractivity contribution >= 4 is 11.8 Å². The van der Waals surface area contributed by atoms with Crippen molar-refractivity contribution in [2.24, 2.45) is 0 Å². The molecule has 4 heteroatoms. The third kappa shape index (κ3) is 4.08. The van der Waals surface area contributed by atoms with E-state index >= 15 is 0 Å². The van der Waals surface area contributed by atoms with E-state index in [1.54, 1.807) is 0 Å². The highest BCUT2D eigenvalue weighted by Crippen LogP contribution is 2.26. The Morgan fingerprint density at radius 1 is 1.08 bits per heavy atom. The summed E-state index contributed by atoms with van der Waals surface area (Å²) >= 11 is 0. The Labute approximate surface area is 148 Å². The summed E-state index contributed by atoms with van der Waals surface area (Å²) in [4.78, 5) is 23.4. The fourth-order valence-electron chi connectivity index (χ4n) is 3.09. The number of nitrogens with one attached hydrogen (secondary N) is 2. The molecule has 0 aromatic heterocycles. The van der Waals surface area contributed by atoms with Crippen molar-refractivity contribution in [2.75, 3.05) is 6.54 Å². The molecule has 2 aromatic carbocycles. The van der Waals surface area contributed by atoms with Crippen LogP contribution in [0.2, 0.25) is 0 Å². The molecular formula is C21H24N2O2. The minimum atomic E-state index is -0.385. The van der Waals surface area contributed by atoms with Gasteiger partial charge in [0.25, 0.3) is 0 Å². The second-order valence-corrected chi connectivity index (χ2v) is 7.20. The highest BCUT2D eigenvalue weighted by Gasteiger charge is 2.29. The molecule has 2 aromatic rings. The van der Waals surface area contributed by atoms with Gasteiger partial charge in [0.2, 0.25) is 11.8 Å². The zero-order valence-electron chi connectivity index (χ0n) is 14.7. The lowest BCUT2D eigenvalue weighted by Gasteiger charge is -2.26. The maximum atomic E-state index is 12.2. The Balaban J connectivity index is 1.63. The molecular weight excluding hydrogens is 312 g/mol. The van der Waals surface area contributed by atoms with Gasteiger partial charge in [-0.15, -0.1) is 0 Å². The topological polar surface area (TPSA) is 58.2 Å². The van der Waals surface area contributed by atoms with Crippen LogP contribution in [0.5, 0.6) is 0 Å². The Hall–Kier alpha value is -2.62. The van der Waals surface area contributed by atoms with Crippen LogP contribution in [0, 0.1) is 0 Å². The van der Waals surface area contributed by atoms with Gasteiger partial charge in [-0.1, -0.05) is 68.4 Å². The minimum absolute atomic E-state index is 0.0455. The van der Waals surface area contributed by atoms with Gasteiger partial charge in [0, 0.05) is 18.4 Å². The van der Waals surface area contributed by atoms with Crippen LogP contribution in [-0.2, 0) is 15.0 Å². The molecule has 1 aliphatic rings. The molecule has 0 saturated carbocycles. The first kappa shape index (κ1) is 17.2. The van der Waals surface area contributed by atoms with Crippen LogP contribution >= 0.6 is 0 Å². The normalized spacial score (nSPS) is 17.2. The standard InChI is InChI=1S/C21H24N2O2/c1-21(2,14-22-20(25)18-12-13-19(24)23-18)17-10-8-16(9-11-17)15-6-4-3-5-7-15/h3-11,18H,12-14H2,1-2H3,(H,22,25)(H,23,24). The van der Waals surface area contributed by atoms with Gasteiger partial charge in [0.15, 0.2) is 0 Å². The first-order valence-corrected chi connectivity index (χ1v) is 8.69. The largest absolute Gasteiger partial charge is 0.353 e. The van der Waals surface area contributed by atoms with E-state index in [1.165, 1.54) is 16.7 Å². The van der Waals surface area contributed by atoms with Crippen LogP contribution in [0.25, 0.3) is 11.1 Å². The fourth-order valence-corrected chi connectivity index (χ4v) is 3.09. The van der Waals surface area contributed by atoms with Gasteiger partial charge in [0.1, 0.15) is 6.04 Å². The summed E-state index contributed by atoms with van der Waals surface area (Å²) in [6.45, 7) is 4.75. The summed E-state index contributed by atoms with van der Waals surface area (Å²) in [5, 5.41) is 5.68. The molecule has 1 unspecified atom stereocenters. The van der Waals surface area contributed by atoms with Crippen molar-refractivity contribution in [2.45, 2.75) is 38.1 Å². The Kier molecular flexibility index (Phi) is 4.88. The van der Waals surface area contributed by atoms with Crippen molar-refractivity contribution in [3.05, 3.63) is 60.2 Å². The second-order valence-electron chi connectivity index (χ2n) is 7.20. The molecule has 1 atom stereocenters. The number of carbonyl (C=O) groups excluding carboxylic acids is 2. The fraction of sp³-hybridized carbons (Fsp3) is 0.333. The van der Waals surface area contributed by atoms with Crippen molar-refractivity contribution in [1.82, 2.24) is 10.6 Å². The predicted octanol–water partition coefficient (Wildman–Crippen LogP) is 3.03. The van der Waals surface area contributed by atoms with Crippen molar-refractivity contribution in [3.8, 4) is 11.1 Å². The Morgan fingerprint density at radius 2 is 1.72 bits per heavy atom. The van der Waals surface area contributed by atoms with Crippen molar-refractivity contribution < 1.29 is 9.59 Å². The van der Waals surface area contributed by atoms with Crippen LogP contribution in [0.3, 0.4) is 0 Å². The van der Waals surface area contributed by atoms with Crippen LogP contribution in [0.4, 0.5) is 0 Å². The van der Waals surface area contributed by atoms with Crippen LogP contribution in [0.15, 0.2) is 54.6 Å². The van der Waals surface area contributed by atoms with E-state index in [-0.39, 0.29) is 23.3 Å². The van der Waals surface area contributed by atoms with E-state index in [4.69, 9.17) is 0 Å². The number of benzene rings is 2. The van der Waals surface area contributed by atoms with Gasteiger partial charge in [-0.2, -0.15) is 0 Å². The lowest BCUT2D eigenvalue weighted by atomic mass is 9.83. The molecule has 1 aliphatic heterocycles. The molecule has 1 heterocycles. The van der Waals surface area contributed by atoms with Gasteiger partial charge in [0.05, 0.1) is 0 Å². The predicted molar refractivity (Wildman–Crippen MR) is 99.1 cm³/mol. The zero-order chi connectivity index (χ0) is 17.9. The summed E-state index contributed by atoms with van der Waals surface area (Å²) in [5.41, 5.74) is 3.35. The summed E-state index contributed by atoms with van der Waals surface area (Å²) < 4.78 is 0. The van der Waals surface area contributed by atoms with Gasteiger partial charge in [-0.3, -0.25) is 9.59 Å². The third-order valence-electron chi connectivity index (χ3n) is 4.79. The molecule has 130 valence electrons. The van der Waals surface area contributed by atoms with Gasteiger partial charge < -0.3 is 10.6 Å². The average molecular weight is 336 g/mol. The van der Waals surface area contributed by atoms with Crippen molar-refractivity contribution in [3.63, 3.8) is 0 Å². The van der Waals surface area contributed by atoms with E-state index < -0.39 is 0 Å². The number of hydrogen-bond acceptors (Lipinski definition) is 2. The minimum Gasteiger partial charge on any atom is -0.353 e. The SMILES string of the molecule is CC(C)(CNC(=O)C1CCC(=O)N1)c1ccc(-c2ccccc2)cc1. The third-order valence-corrected chi connectivity index (χ3v) is 4.79. The molecule has 25 heavy (non-hydrogen) atoms. The highest BCUT2D eigenvalue weighted by molar-refractivity contribution is 5.90. The van der Waals surface area contributed by atoms with E-state index in [0.717, 1.165) is 0 Å². The molecule has 1 fully saturated rings. The van der Waals surface area contributed by atoms with Crippen LogP contribution in [-0.4, -0.2) is 24.4 Å². The van der Waals surface area contributed by atoms with E-state index in [1.807, 2.05) is 18.2 Å². The quantitative estimate of drug-likeness (QED) is 0.882. The molecule has 0 aliphatic carbocycles. The van der Waals surface area contributed by atoms with Gasteiger partial charge >= 0.3 is 0 Å². The molecule has 1 saturated heterocycles. The lowest BCUT2D eigenvalue weighted by molar-refractivity contribution is -0.125. The smallest absolute Gasteiger partial charge is 0.242 e. The number of carbonyl (C=O) groups is 2. The molecule has 3 rings (SSSR count). The first-order chi connectivity index (χ1) is 12.0. The number of amides is 2. The molecule has 2 amide bonds. The summed E-state index contributed by atoms with van der Waals surface area (Å²) in [6.07, 6.45) is 1.01. The van der Waals surface area contributed by atoms with E-state index in [9.17, 15) is 9.59 Å². The molecule has 0 spiro atoms. The Morgan fingerprint density at radius 3 is 2.32 bits per heavy atom. The maximum Gasteiger partial charge on any atom is 0.242 e. The molecule has 4 nitrogen and oxygen atoms in total. The average Bonchev–Trinajstić information content (AvgIpc) is 3.07.